The maximum atomic E-state index is 9.04. The number of hydrogen-bond donors (Lipinski definition) is 0. The Labute approximate surface area is 117 Å². The number of pyridine rings is 1. The van der Waals surface area contributed by atoms with E-state index in [0.29, 0.717) is 30.3 Å². The number of fused-ring (bicyclic) bond motifs is 1. The number of hydrogen-bond acceptors (Lipinski definition) is 5. The number of aromatic nitrogens is 1. The summed E-state index contributed by atoms with van der Waals surface area (Å²) in [6.45, 7) is 2.84. The van der Waals surface area contributed by atoms with Crippen molar-refractivity contribution >= 4 is 10.9 Å². The molecule has 104 valence electrons. The first kappa shape index (κ1) is 14.1. The van der Waals surface area contributed by atoms with Gasteiger partial charge >= 0.3 is 0 Å². The van der Waals surface area contributed by atoms with Crippen molar-refractivity contribution in [1.29, 1.82) is 5.26 Å². The second-order valence-corrected chi connectivity index (χ2v) is 4.27. The molecule has 1 heterocycles. The van der Waals surface area contributed by atoms with Gasteiger partial charge in [-0.2, -0.15) is 5.26 Å². The second-order valence-electron chi connectivity index (χ2n) is 4.27. The molecule has 5 heteroatoms. The Hall–Kier alpha value is -2.32. The first-order valence-corrected chi connectivity index (χ1v) is 6.20. The van der Waals surface area contributed by atoms with E-state index in [2.05, 4.69) is 11.1 Å². The minimum Gasteiger partial charge on any atom is -0.493 e. The summed E-state index contributed by atoms with van der Waals surface area (Å²) in [4.78, 5) is 4.29. The van der Waals surface area contributed by atoms with E-state index in [0.717, 1.165) is 16.5 Å². The molecular formula is C15H16N2O3. The zero-order chi connectivity index (χ0) is 14.5. The van der Waals surface area contributed by atoms with Gasteiger partial charge in [-0.15, -0.1) is 0 Å². The summed E-state index contributed by atoms with van der Waals surface area (Å²) < 4.78 is 15.9. The van der Waals surface area contributed by atoms with Gasteiger partial charge in [-0.3, -0.25) is 4.98 Å². The molecule has 0 amide bonds. The van der Waals surface area contributed by atoms with Crippen LogP contribution in [-0.4, -0.2) is 32.4 Å². The predicted octanol–water partition coefficient (Wildman–Crippen LogP) is 2.45. The van der Waals surface area contributed by atoms with Gasteiger partial charge in [0.05, 0.1) is 24.8 Å². The summed E-state index contributed by atoms with van der Waals surface area (Å²) in [5, 5.41) is 9.93. The highest BCUT2D eigenvalue weighted by Crippen LogP contribution is 2.33. The minimum absolute atomic E-state index is 0.438. The van der Waals surface area contributed by atoms with Crippen molar-refractivity contribution in [1.82, 2.24) is 4.98 Å². The van der Waals surface area contributed by atoms with Gasteiger partial charge in [-0.25, -0.2) is 0 Å². The second kappa shape index (κ2) is 6.22. The molecule has 0 atom stereocenters. The highest BCUT2D eigenvalue weighted by Gasteiger charge is 2.11. The van der Waals surface area contributed by atoms with Crippen molar-refractivity contribution in [2.24, 2.45) is 0 Å². The number of aryl methyl sites for hydroxylation is 1. The molecule has 0 aliphatic rings. The van der Waals surface area contributed by atoms with Crippen molar-refractivity contribution in [2.45, 2.75) is 6.92 Å². The van der Waals surface area contributed by atoms with E-state index < -0.39 is 0 Å². The topological polar surface area (TPSA) is 64.4 Å². The Morgan fingerprint density at radius 2 is 2.00 bits per heavy atom. The third-order valence-electron chi connectivity index (χ3n) is 3.09. The van der Waals surface area contributed by atoms with E-state index in [4.69, 9.17) is 19.5 Å². The molecule has 0 radical (unpaired) electrons. The number of rotatable bonds is 5. The van der Waals surface area contributed by atoms with Crippen LogP contribution in [0.4, 0.5) is 0 Å². The first-order chi connectivity index (χ1) is 9.71. The fourth-order valence-corrected chi connectivity index (χ4v) is 1.95. The van der Waals surface area contributed by atoms with Gasteiger partial charge in [0.15, 0.2) is 11.5 Å². The van der Waals surface area contributed by atoms with Gasteiger partial charge in [0, 0.05) is 24.8 Å². The van der Waals surface area contributed by atoms with E-state index in [1.54, 1.807) is 20.4 Å². The molecular weight excluding hydrogens is 256 g/mol. The van der Waals surface area contributed by atoms with Crippen LogP contribution in [0.1, 0.15) is 11.1 Å². The molecule has 0 aliphatic carbocycles. The fourth-order valence-electron chi connectivity index (χ4n) is 1.95. The molecule has 0 N–H and O–H groups in total. The average Bonchev–Trinajstić information content (AvgIpc) is 2.47. The van der Waals surface area contributed by atoms with Crippen molar-refractivity contribution in [3.63, 3.8) is 0 Å². The van der Waals surface area contributed by atoms with E-state index in [1.165, 1.54) is 0 Å². The van der Waals surface area contributed by atoms with Crippen LogP contribution in [0, 0.1) is 18.3 Å². The third-order valence-corrected chi connectivity index (χ3v) is 3.09. The molecule has 0 unspecified atom stereocenters. The van der Waals surface area contributed by atoms with Crippen LogP contribution in [0.15, 0.2) is 18.3 Å². The summed E-state index contributed by atoms with van der Waals surface area (Å²) >= 11 is 0. The molecule has 1 aromatic carbocycles. The van der Waals surface area contributed by atoms with Gasteiger partial charge in [0.1, 0.15) is 12.7 Å². The third kappa shape index (κ3) is 2.65. The molecule has 0 aliphatic heterocycles. The van der Waals surface area contributed by atoms with Crippen LogP contribution in [0.2, 0.25) is 0 Å². The molecule has 5 nitrogen and oxygen atoms in total. The maximum Gasteiger partial charge on any atom is 0.163 e. The molecule has 2 aromatic rings. The van der Waals surface area contributed by atoms with Crippen molar-refractivity contribution < 1.29 is 14.2 Å². The van der Waals surface area contributed by atoms with Gasteiger partial charge in [-0.1, -0.05) is 0 Å². The van der Waals surface area contributed by atoms with Gasteiger partial charge < -0.3 is 14.2 Å². The molecule has 0 saturated carbocycles. The summed E-state index contributed by atoms with van der Waals surface area (Å²) in [5.41, 5.74) is 2.22. The normalized spacial score (nSPS) is 10.3. The largest absolute Gasteiger partial charge is 0.493 e. The van der Waals surface area contributed by atoms with Crippen molar-refractivity contribution in [2.75, 3.05) is 27.4 Å². The van der Waals surface area contributed by atoms with Crippen LogP contribution in [0.25, 0.3) is 10.9 Å². The van der Waals surface area contributed by atoms with Crippen LogP contribution in [-0.2, 0) is 4.74 Å². The van der Waals surface area contributed by atoms with E-state index >= 15 is 0 Å². The molecule has 0 bridgehead atoms. The summed E-state index contributed by atoms with van der Waals surface area (Å²) in [7, 11) is 3.20. The molecule has 0 fully saturated rings. The average molecular weight is 272 g/mol. The van der Waals surface area contributed by atoms with E-state index in [9.17, 15) is 0 Å². The van der Waals surface area contributed by atoms with Crippen LogP contribution >= 0.6 is 0 Å². The summed E-state index contributed by atoms with van der Waals surface area (Å²) in [5.74, 6) is 1.24. The number of ether oxygens (including phenoxy) is 3. The molecule has 0 spiro atoms. The zero-order valence-electron chi connectivity index (χ0n) is 11.8. The number of nitriles is 1. The van der Waals surface area contributed by atoms with Crippen LogP contribution in [0.3, 0.4) is 0 Å². The van der Waals surface area contributed by atoms with Gasteiger partial charge in [0.25, 0.3) is 0 Å². The molecule has 0 saturated heterocycles. The zero-order valence-corrected chi connectivity index (χ0v) is 11.8. The molecule has 1 aromatic heterocycles. The lowest BCUT2D eigenvalue weighted by Gasteiger charge is -2.12. The maximum absolute atomic E-state index is 9.04. The SMILES string of the molecule is COCCOc1cc2ncc(C#N)c(C)c2cc1OC. The Kier molecular flexibility index (Phi) is 4.38. The fraction of sp³-hybridized carbons (Fsp3) is 0.333. The van der Waals surface area contributed by atoms with Gasteiger partial charge in [0.2, 0.25) is 0 Å². The number of nitrogens with zero attached hydrogens (tertiary/aromatic N) is 2. The van der Waals surface area contributed by atoms with Crippen LogP contribution < -0.4 is 9.47 Å². The monoisotopic (exact) mass is 272 g/mol. The summed E-state index contributed by atoms with van der Waals surface area (Å²) in [6.07, 6.45) is 1.57. The quantitative estimate of drug-likeness (QED) is 0.782. The lowest BCUT2D eigenvalue weighted by molar-refractivity contribution is 0.144. The highest BCUT2D eigenvalue weighted by atomic mass is 16.5. The highest BCUT2D eigenvalue weighted by molar-refractivity contribution is 5.87. The first-order valence-electron chi connectivity index (χ1n) is 6.20. The Morgan fingerprint density at radius 3 is 2.65 bits per heavy atom. The van der Waals surface area contributed by atoms with Crippen molar-refractivity contribution in [3.05, 3.63) is 29.5 Å². The Balaban J connectivity index is 2.49. The Morgan fingerprint density at radius 1 is 1.20 bits per heavy atom. The standard InChI is InChI=1S/C15H16N2O3/c1-10-11(8-16)9-17-13-7-15(20-5-4-18-2)14(19-3)6-12(10)13/h6-7,9H,4-5H2,1-3H3. The molecule has 20 heavy (non-hydrogen) atoms. The predicted molar refractivity (Wildman–Crippen MR) is 75.1 cm³/mol. The van der Waals surface area contributed by atoms with E-state index in [-0.39, 0.29) is 0 Å². The smallest absolute Gasteiger partial charge is 0.163 e. The van der Waals surface area contributed by atoms with E-state index in [1.807, 2.05) is 19.1 Å². The molecule has 2 rings (SSSR count). The lowest BCUT2D eigenvalue weighted by Crippen LogP contribution is -2.05. The van der Waals surface area contributed by atoms with Crippen molar-refractivity contribution in [3.8, 4) is 17.6 Å². The minimum atomic E-state index is 0.438. The number of benzene rings is 1. The van der Waals surface area contributed by atoms with Gasteiger partial charge in [-0.05, 0) is 18.6 Å². The summed E-state index contributed by atoms with van der Waals surface area (Å²) in [6, 6.07) is 5.80. The van der Waals surface area contributed by atoms with Crippen LogP contribution in [0.5, 0.6) is 11.5 Å². The lowest BCUT2D eigenvalue weighted by atomic mass is 10.1. The number of methoxy groups -OCH3 is 2. The Bertz CT molecular complexity index is 662.